The number of anilines is 2. The monoisotopic (exact) mass is 491 g/mol. The molecule has 0 aromatic heterocycles. The highest BCUT2D eigenvalue weighted by Gasteiger charge is 2.28. The highest BCUT2D eigenvalue weighted by Crippen LogP contribution is 2.39. The molecule has 2 amide bonds. The van der Waals surface area contributed by atoms with Gasteiger partial charge in [-0.1, -0.05) is 30.3 Å². The number of hydrogen-bond acceptors (Lipinski definition) is 6. The van der Waals surface area contributed by atoms with Crippen molar-refractivity contribution in [3.63, 3.8) is 0 Å². The molecule has 0 aliphatic heterocycles. The molecule has 0 aliphatic carbocycles. The van der Waals surface area contributed by atoms with Gasteiger partial charge in [-0.05, 0) is 35.9 Å². The molecule has 188 valence electrons. The van der Waals surface area contributed by atoms with E-state index < -0.39 is 12.1 Å². The van der Waals surface area contributed by atoms with E-state index in [1.165, 1.54) is 27.3 Å². The Kier molecular flexibility index (Phi) is 8.35. The highest BCUT2D eigenvalue weighted by atomic mass is 16.5. The quantitative estimate of drug-likeness (QED) is 0.215. The van der Waals surface area contributed by atoms with Gasteiger partial charge in [-0.25, -0.2) is 4.79 Å². The maximum absolute atomic E-state index is 13.5. The van der Waals surface area contributed by atoms with E-state index in [0.29, 0.717) is 28.3 Å². The number of carbonyl (C=O) groups excluding carboxylic acids is 1. The van der Waals surface area contributed by atoms with Gasteiger partial charge in [0.25, 0.3) is 0 Å². The zero-order valence-corrected chi connectivity index (χ0v) is 20.2. The first kappa shape index (κ1) is 25.9. The van der Waals surface area contributed by atoms with Gasteiger partial charge in [-0.2, -0.15) is 0 Å². The smallest absolute Gasteiger partial charge is 0.411 e. The predicted octanol–water partition coefficient (Wildman–Crippen LogP) is 3.57. The lowest BCUT2D eigenvalue weighted by molar-refractivity contribution is -0.122. The molecule has 36 heavy (non-hydrogen) atoms. The molecule has 1 atom stereocenters. The molecule has 0 saturated carbocycles. The molecule has 6 N–H and O–H groups in total. The number of nitrogen functional groups attached to an aromatic ring is 1. The van der Waals surface area contributed by atoms with Gasteiger partial charge in [-0.3, -0.25) is 15.1 Å². The minimum atomic E-state index is -1.21. The molecule has 0 fully saturated rings. The fourth-order valence-corrected chi connectivity index (χ4v) is 3.59. The summed E-state index contributed by atoms with van der Waals surface area (Å²) >= 11 is 0. The molecule has 1 unspecified atom stereocenters. The summed E-state index contributed by atoms with van der Waals surface area (Å²) in [6.07, 6.45) is -1.21. The Morgan fingerprint density at radius 1 is 1.03 bits per heavy atom. The Bertz CT molecular complexity index is 1230. The van der Waals surface area contributed by atoms with Crippen LogP contribution in [0.15, 0.2) is 66.7 Å². The molecule has 0 bridgehead atoms. The lowest BCUT2D eigenvalue weighted by Gasteiger charge is -2.26. The van der Waals surface area contributed by atoms with Crippen LogP contribution in [-0.2, 0) is 11.3 Å². The summed E-state index contributed by atoms with van der Waals surface area (Å²) in [4.78, 5) is 26.4. The van der Waals surface area contributed by atoms with E-state index in [1.54, 1.807) is 30.3 Å². The third kappa shape index (κ3) is 6.03. The number of nitrogens with two attached hydrogens (primary N) is 1. The van der Waals surface area contributed by atoms with Crippen molar-refractivity contribution in [3.05, 3.63) is 83.4 Å². The van der Waals surface area contributed by atoms with Crippen LogP contribution >= 0.6 is 0 Å². The van der Waals surface area contributed by atoms with Crippen LogP contribution in [0, 0.1) is 5.41 Å². The van der Waals surface area contributed by atoms with E-state index in [1.807, 2.05) is 30.3 Å². The fraction of sp³-hybridized carbons (Fsp3) is 0.192. The predicted molar refractivity (Wildman–Crippen MR) is 138 cm³/mol. The molecule has 0 aliphatic rings. The first-order valence-electron chi connectivity index (χ1n) is 11.0. The number of benzene rings is 3. The molecule has 3 aromatic carbocycles. The summed E-state index contributed by atoms with van der Waals surface area (Å²) in [6, 6.07) is 18.2. The van der Waals surface area contributed by atoms with Gasteiger partial charge in [0.2, 0.25) is 5.91 Å². The van der Waals surface area contributed by atoms with Crippen LogP contribution in [0.4, 0.5) is 16.2 Å². The number of carboxylic acid groups (broad SMARTS) is 1. The Morgan fingerprint density at radius 2 is 1.64 bits per heavy atom. The largest absolute Gasteiger partial charge is 0.493 e. The number of ether oxygens (including phenoxy) is 2. The van der Waals surface area contributed by atoms with Gasteiger partial charge < -0.3 is 30.9 Å². The second kappa shape index (κ2) is 11.6. The van der Waals surface area contributed by atoms with Crippen molar-refractivity contribution in [2.45, 2.75) is 12.6 Å². The highest BCUT2D eigenvalue weighted by molar-refractivity contribution is 5.96. The van der Waals surface area contributed by atoms with E-state index in [-0.39, 0.29) is 24.0 Å². The van der Waals surface area contributed by atoms with Gasteiger partial charge in [0, 0.05) is 36.5 Å². The normalized spacial score (nSPS) is 11.2. The third-order valence-electron chi connectivity index (χ3n) is 5.57. The number of hydrogen-bond donors (Lipinski definition) is 5. The van der Waals surface area contributed by atoms with Crippen LogP contribution < -0.4 is 30.7 Å². The standard InChI is InChI=1S/C26H29N5O5/c1-31(26(33)34)20-14-22(36-3)21(35-2)13-19(20)23(25(32)29-15-16-7-5-4-6-8-16)30-18-11-9-17(10-12-18)24(27)28/h4-14,23,30H,15H2,1-3H3,(H3,27,28)(H,29,32)(H,33,34). The van der Waals surface area contributed by atoms with E-state index in [4.69, 9.17) is 20.6 Å². The van der Waals surface area contributed by atoms with E-state index in [2.05, 4.69) is 10.6 Å². The molecule has 0 heterocycles. The minimum absolute atomic E-state index is 0.0797. The number of amidine groups is 1. The number of amides is 2. The number of nitrogens with zero attached hydrogens (tertiary/aromatic N) is 1. The Morgan fingerprint density at radius 3 is 2.19 bits per heavy atom. The second-order valence-electron chi connectivity index (χ2n) is 7.88. The molecule has 0 spiro atoms. The first-order valence-corrected chi connectivity index (χ1v) is 11.0. The zero-order chi connectivity index (χ0) is 26.2. The van der Waals surface area contributed by atoms with Gasteiger partial charge >= 0.3 is 6.09 Å². The minimum Gasteiger partial charge on any atom is -0.493 e. The number of rotatable bonds is 10. The number of carbonyl (C=O) groups is 2. The van der Waals surface area contributed by atoms with Crippen LogP contribution in [0.25, 0.3) is 0 Å². The maximum Gasteiger partial charge on any atom is 0.411 e. The molecule has 3 aromatic rings. The van der Waals surface area contributed by atoms with Crippen molar-refractivity contribution in [1.29, 1.82) is 5.41 Å². The lowest BCUT2D eigenvalue weighted by atomic mass is 10.0. The molecule has 0 saturated heterocycles. The molecule has 10 heteroatoms. The summed E-state index contributed by atoms with van der Waals surface area (Å²) < 4.78 is 10.8. The van der Waals surface area contributed by atoms with Crippen molar-refractivity contribution < 1.29 is 24.2 Å². The van der Waals surface area contributed by atoms with Crippen molar-refractivity contribution in [2.75, 3.05) is 31.5 Å². The molecule has 3 rings (SSSR count). The van der Waals surface area contributed by atoms with E-state index >= 15 is 0 Å². The van der Waals surface area contributed by atoms with Crippen LogP contribution in [-0.4, -0.2) is 44.2 Å². The van der Waals surface area contributed by atoms with Crippen molar-refractivity contribution in [2.24, 2.45) is 5.73 Å². The summed E-state index contributed by atoms with van der Waals surface area (Å²) in [5.41, 5.74) is 8.16. The summed E-state index contributed by atoms with van der Waals surface area (Å²) in [7, 11) is 4.29. The van der Waals surface area contributed by atoms with Crippen molar-refractivity contribution in [1.82, 2.24) is 5.32 Å². The van der Waals surface area contributed by atoms with Gasteiger partial charge in [0.05, 0.1) is 19.9 Å². The average molecular weight is 492 g/mol. The molecular weight excluding hydrogens is 462 g/mol. The number of nitrogens with one attached hydrogen (secondary N) is 3. The molecular formula is C26H29N5O5. The summed E-state index contributed by atoms with van der Waals surface area (Å²) in [6.45, 7) is 0.276. The maximum atomic E-state index is 13.5. The van der Waals surface area contributed by atoms with Crippen LogP contribution in [0.5, 0.6) is 11.5 Å². The zero-order valence-electron chi connectivity index (χ0n) is 20.2. The third-order valence-corrected chi connectivity index (χ3v) is 5.57. The van der Waals surface area contributed by atoms with Crippen LogP contribution in [0.2, 0.25) is 0 Å². The topological polar surface area (TPSA) is 150 Å². The second-order valence-corrected chi connectivity index (χ2v) is 7.88. The molecule has 10 nitrogen and oxygen atoms in total. The Balaban J connectivity index is 2.07. The summed E-state index contributed by atoms with van der Waals surface area (Å²) in [5, 5.41) is 23.4. The SMILES string of the molecule is COc1cc(C(Nc2ccc(C(=N)N)cc2)C(=O)NCc2ccccc2)c(N(C)C(=O)O)cc1OC. The summed E-state index contributed by atoms with van der Waals surface area (Å²) in [5.74, 6) is 0.189. The molecule has 0 radical (unpaired) electrons. The van der Waals surface area contributed by atoms with Crippen LogP contribution in [0.1, 0.15) is 22.7 Å². The van der Waals surface area contributed by atoms with Gasteiger partial charge in [0.15, 0.2) is 11.5 Å². The first-order chi connectivity index (χ1) is 17.2. The van der Waals surface area contributed by atoms with Gasteiger partial charge in [-0.15, -0.1) is 0 Å². The van der Waals surface area contributed by atoms with E-state index in [9.17, 15) is 14.7 Å². The Hall–Kier alpha value is -4.73. The van der Waals surface area contributed by atoms with Crippen molar-refractivity contribution in [3.8, 4) is 11.5 Å². The Labute approximate surface area is 209 Å². The lowest BCUT2D eigenvalue weighted by Crippen LogP contribution is -2.35. The van der Waals surface area contributed by atoms with Gasteiger partial charge in [0.1, 0.15) is 11.9 Å². The average Bonchev–Trinajstić information content (AvgIpc) is 2.90. The number of methoxy groups -OCH3 is 2. The van der Waals surface area contributed by atoms with E-state index in [0.717, 1.165) is 10.5 Å². The van der Waals surface area contributed by atoms with Crippen molar-refractivity contribution >= 4 is 29.2 Å². The van der Waals surface area contributed by atoms with Crippen LogP contribution in [0.3, 0.4) is 0 Å². The fourth-order valence-electron chi connectivity index (χ4n) is 3.59.